The minimum absolute atomic E-state index is 0.0235. The summed E-state index contributed by atoms with van der Waals surface area (Å²) < 4.78 is 1.70. The highest BCUT2D eigenvalue weighted by atomic mass is 16.6. The zero-order valence-electron chi connectivity index (χ0n) is 10.1. The molecular formula is C11H13N5O2. The van der Waals surface area contributed by atoms with E-state index in [1.54, 1.807) is 30.2 Å². The fourth-order valence-electron chi connectivity index (χ4n) is 1.61. The van der Waals surface area contributed by atoms with Crippen LogP contribution in [0.4, 0.5) is 11.5 Å². The fourth-order valence-corrected chi connectivity index (χ4v) is 1.61. The van der Waals surface area contributed by atoms with Gasteiger partial charge in [0.15, 0.2) is 5.69 Å². The number of nitro groups is 1. The maximum Gasteiger partial charge on any atom is 0.295 e. The van der Waals surface area contributed by atoms with Gasteiger partial charge < -0.3 is 5.32 Å². The van der Waals surface area contributed by atoms with Crippen molar-refractivity contribution in [2.45, 2.75) is 13.5 Å². The molecule has 94 valence electrons. The van der Waals surface area contributed by atoms with Crippen molar-refractivity contribution in [2.75, 3.05) is 12.4 Å². The maximum absolute atomic E-state index is 11.0. The minimum Gasteiger partial charge on any atom is -0.373 e. The van der Waals surface area contributed by atoms with Crippen LogP contribution in [-0.4, -0.2) is 26.7 Å². The highest BCUT2D eigenvalue weighted by Gasteiger charge is 2.18. The van der Waals surface area contributed by atoms with Crippen molar-refractivity contribution >= 4 is 11.5 Å². The van der Waals surface area contributed by atoms with Crippen molar-refractivity contribution < 1.29 is 4.92 Å². The van der Waals surface area contributed by atoms with Crippen LogP contribution in [-0.2, 0) is 6.54 Å². The first kappa shape index (κ1) is 12.0. The van der Waals surface area contributed by atoms with Gasteiger partial charge in [0.2, 0.25) is 0 Å². The number of nitrogens with one attached hydrogen (secondary N) is 1. The lowest BCUT2D eigenvalue weighted by Gasteiger charge is -2.03. The summed E-state index contributed by atoms with van der Waals surface area (Å²) >= 11 is 0. The Morgan fingerprint density at radius 3 is 2.83 bits per heavy atom. The van der Waals surface area contributed by atoms with Gasteiger partial charge in [0, 0.05) is 31.4 Å². The summed E-state index contributed by atoms with van der Waals surface area (Å²) in [6.45, 7) is 2.65. The van der Waals surface area contributed by atoms with E-state index in [1.165, 1.54) is 6.07 Å². The smallest absolute Gasteiger partial charge is 0.295 e. The molecule has 0 aliphatic carbocycles. The van der Waals surface area contributed by atoms with Gasteiger partial charge in [0.25, 0.3) is 5.69 Å². The quantitative estimate of drug-likeness (QED) is 0.658. The SMILES string of the molecule is CCn1cc(-c2nc(NC)ccc2[N+](=O)[O-])cn1. The summed E-state index contributed by atoms with van der Waals surface area (Å²) in [5.41, 5.74) is 0.942. The average Bonchev–Trinajstić information content (AvgIpc) is 2.86. The molecule has 0 fully saturated rings. The average molecular weight is 247 g/mol. The molecule has 0 saturated carbocycles. The van der Waals surface area contributed by atoms with Crippen molar-refractivity contribution in [1.29, 1.82) is 0 Å². The second-order valence-corrected chi connectivity index (χ2v) is 3.66. The lowest BCUT2D eigenvalue weighted by Crippen LogP contribution is -1.98. The van der Waals surface area contributed by atoms with Crippen molar-refractivity contribution in [2.24, 2.45) is 0 Å². The third kappa shape index (κ3) is 2.15. The molecule has 0 aliphatic rings. The van der Waals surface area contributed by atoms with E-state index in [2.05, 4.69) is 15.4 Å². The fraction of sp³-hybridized carbons (Fsp3) is 0.273. The van der Waals surface area contributed by atoms with Gasteiger partial charge in [-0.1, -0.05) is 0 Å². The van der Waals surface area contributed by atoms with Gasteiger partial charge in [0.1, 0.15) is 5.82 Å². The molecule has 2 aromatic heterocycles. The molecule has 0 atom stereocenters. The van der Waals surface area contributed by atoms with E-state index in [1.807, 2.05) is 6.92 Å². The number of hydrogen-bond acceptors (Lipinski definition) is 5. The van der Waals surface area contributed by atoms with Crippen molar-refractivity contribution in [3.05, 3.63) is 34.6 Å². The molecule has 1 N–H and O–H groups in total. The van der Waals surface area contributed by atoms with Crippen molar-refractivity contribution in [3.63, 3.8) is 0 Å². The molecule has 0 saturated heterocycles. The standard InChI is InChI=1S/C11H13N5O2/c1-3-15-7-8(6-13-15)11-9(16(17)18)4-5-10(12-2)14-11/h4-7H,3H2,1-2H3,(H,12,14). The summed E-state index contributed by atoms with van der Waals surface area (Å²) in [5.74, 6) is 0.583. The predicted octanol–water partition coefficient (Wildman–Crippen LogP) is 1.91. The topological polar surface area (TPSA) is 85.9 Å². The Labute approximate surface area is 104 Å². The van der Waals surface area contributed by atoms with Crippen LogP contribution in [0.3, 0.4) is 0 Å². The van der Waals surface area contributed by atoms with Crippen LogP contribution >= 0.6 is 0 Å². The van der Waals surface area contributed by atoms with Crippen LogP contribution in [0.15, 0.2) is 24.5 Å². The molecule has 0 aliphatic heterocycles. The van der Waals surface area contributed by atoms with E-state index in [4.69, 9.17) is 0 Å². The molecule has 2 rings (SSSR count). The Morgan fingerprint density at radius 2 is 2.28 bits per heavy atom. The molecule has 0 amide bonds. The number of hydrogen-bond donors (Lipinski definition) is 1. The number of rotatable bonds is 4. The molecule has 2 aromatic rings. The summed E-state index contributed by atoms with van der Waals surface area (Å²) in [4.78, 5) is 14.8. The summed E-state index contributed by atoms with van der Waals surface area (Å²) in [7, 11) is 1.72. The van der Waals surface area contributed by atoms with Gasteiger partial charge in [0.05, 0.1) is 11.1 Å². The van der Waals surface area contributed by atoms with Crippen LogP contribution in [0.1, 0.15) is 6.92 Å². The first-order valence-corrected chi connectivity index (χ1v) is 5.51. The van der Waals surface area contributed by atoms with Crippen molar-refractivity contribution in [1.82, 2.24) is 14.8 Å². The molecule has 0 bridgehead atoms. The number of aromatic nitrogens is 3. The van der Waals surface area contributed by atoms with E-state index in [-0.39, 0.29) is 5.69 Å². The van der Waals surface area contributed by atoms with Crippen LogP contribution in [0.25, 0.3) is 11.3 Å². The first-order valence-electron chi connectivity index (χ1n) is 5.51. The summed E-state index contributed by atoms with van der Waals surface area (Å²) in [6.07, 6.45) is 3.33. The summed E-state index contributed by atoms with van der Waals surface area (Å²) in [6, 6.07) is 3.02. The van der Waals surface area contributed by atoms with Crippen LogP contribution in [0.5, 0.6) is 0 Å². The van der Waals surface area contributed by atoms with Gasteiger partial charge in [-0.25, -0.2) is 4.98 Å². The highest BCUT2D eigenvalue weighted by Crippen LogP contribution is 2.28. The second kappa shape index (κ2) is 4.82. The first-order chi connectivity index (χ1) is 8.65. The van der Waals surface area contributed by atoms with Gasteiger partial charge in [-0.05, 0) is 13.0 Å². The Kier molecular flexibility index (Phi) is 3.22. The van der Waals surface area contributed by atoms with Crippen LogP contribution in [0, 0.1) is 10.1 Å². The zero-order chi connectivity index (χ0) is 13.1. The molecule has 0 unspecified atom stereocenters. The molecule has 18 heavy (non-hydrogen) atoms. The summed E-state index contributed by atoms with van der Waals surface area (Å²) in [5, 5.41) is 18.0. The van der Waals surface area contributed by atoms with E-state index < -0.39 is 4.92 Å². The molecule has 0 aromatic carbocycles. The molecule has 0 spiro atoms. The monoisotopic (exact) mass is 247 g/mol. The van der Waals surface area contributed by atoms with Gasteiger partial charge >= 0.3 is 0 Å². The molecule has 0 radical (unpaired) electrons. The zero-order valence-corrected chi connectivity index (χ0v) is 10.1. The van der Waals surface area contributed by atoms with Gasteiger partial charge in [-0.15, -0.1) is 0 Å². The predicted molar refractivity (Wildman–Crippen MR) is 67.3 cm³/mol. The lowest BCUT2D eigenvalue weighted by atomic mass is 10.2. The minimum atomic E-state index is -0.439. The number of pyridine rings is 1. The maximum atomic E-state index is 11.0. The van der Waals surface area contributed by atoms with E-state index in [0.29, 0.717) is 23.6 Å². The second-order valence-electron chi connectivity index (χ2n) is 3.66. The van der Waals surface area contributed by atoms with Gasteiger partial charge in [-0.2, -0.15) is 5.10 Å². The Morgan fingerprint density at radius 1 is 1.50 bits per heavy atom. The van der Waals surface area contributed by atoms with Crippen LogP contribution in [0.2, 0.25) is 0 Å². The number of aryl methyl sites for hydroxylation is 1. The van der Waals surface area contributed by atoms with Crippen LogP contribution < -0.4 is 5.32 Å². The Bertz CT molecular complexity index is 579. The third-order valence-corrected chi connectivity index (χ3v) is 2.56. The third-order valence-electron chi connectivity index (χ3n) is 2.56. The highest BCUT2D eigenvalue weighted by molar-refractivity contribution is 5.70. The molecule has 2 heterocycles. The molecular weight excluding hydrogens is 234 g/mol. The number of anilines is 1. The Balaban J connectivity index is 2.55. The molecule has 7 nitrogen and oxygen atoms in total. The largest absolute Gasteiger partial charge is 0.373 e. The van der Waals surface area contributed by atoms with Crippen molar-refractivity contribution in [3.8, 4) is 11.3 Å². The Hall–Kier alpha value is -2.44. The normalized spacial score (nSPS) is 10.3. The molecule has 7 heteroatoms. The van der Waals surface area contributed by atoms with E-state index in [0.717, 1.165) is 0 Å². The van der Waals surface area contributed by atoms with Gasteiger partial charge in [-0.3, -0.25) is 14.8 Å². The number of nitrogens with zero attached hydrogens (tertiary/aromatic N) is 4. The van der Waals surface area contributed by atoms with E-state index in [9.17, 15) is 10.1 Å². The van der Waals surface area contributed by atoms with E-state index >= 15 is 0 Å². The lowest BCUT2D eigenvalue weighted by molar-refractivity contribution is -0.384.